The highest BCUT2D eigenvalue weighted by atomic mass is 16.5. The standard InChI is InChI=1S/C17H29NO3/c1-13(2)20-16-9-8-15(12-17(16)21-14(3)4)18-10-6-5-7-11-19/h8-9,12-14,18-19H,5-7,10-11H2,1-4H3. The van der Waals surface area contributed by atoms with Gasteiger partial charge in [0.25, 0.3) is 0 Å². The molecule has 0 aliphatic carbocycles. The number of aliphatic hydroxyl groups excluding tert-OH is 1. The molecule has 0 heterocycles. The summed E-state index contributed by atoms with van der Waals surface area (Å²) in [6, 6.07) is 5.95. The van der Waals surface area contributed by atoms with Crippen molar-refractivity contribution in [2.24, 2.45) is 0 Å². The highest BCUT2D eigenvalue weighted by Crippen LogP contribution is 2.32. The molecule has 120 valence electrons. The molecule has 0 radical (unpaired) electrons. The number of benzene rings is 1. The van der Waals surface area contributed by atoms with Crippen molar-refractivity contribution in [3.05, 3.63) is 18.2 Å². The van der Waals surface area contributed by atoms with E-state index < -0.39 is 0 Å². The normalized spacial score (nSPS) is 11.0. The van der Waals surface area contributed by atoms with Crippen molar-refractivity contribution < 1.29 is 14.6 Å². The van der Waals surface area contributed by atoms with Crippen LogP contribution in [0.3, 0.4) is 0 Å². The van der Waals surface area contributed by atoms with Crippen LogP contribution in [0.2, 0.25) is 0 Å². The molecule has 0 atom stereocenters. The summed E-state index contributed by atoms with van der Waals surface area (Å²) in [5, 5.41) is 12.1. The van der Waals surface area contributed by atoms with Crippen LogP contribution < -0.4 is 14.8 Å². The van der Waals surface area contributed by atoms with Crippen LogP contribution in [-0.2, 0) is 0 Å². The van der Waals surface area contributed by atoms with Gasteiger partial charge in [0.05, 0.1) is 12.2 Å². The molecular formula is C17H29NO3. The van der Waals surface area contributed by atoms with E-state index >= 15 is 0 Å². The Hall–Kier alpha value is -1.42. The predicted octanol–water partition coefficient (Wildman–Crippen LogP) is 3.84. The summed E-state index contributed by atoms with van der Waals surface area (Å²) in [5.74, 6) is 1.56. The van der Waals surface area contributed by atoms with Gasteiger partial charge in [-0.15, -0.1) is 0 Å². The zero-order valence-electron chi connectivity index (χ0n) is 13.7. The molecule has 1 aromatic carbocycles. The fourth-order valence-electron chi connectivity index (χ4n) is 1.96. The Morgan fingerprint density at radius 3 is 2.24 bits per heavy atom. The first kappa shape index (κ1) is 17.6. The summed E-state index contributed by atoms with van der Waals surface area (Å²) >= 11 is 0. The van der Waals surface area contributed by atoms with Crippen molar-refractivity contribution >= 4 is 5.69 Å². The van der Waals surface area contributed by atoms with Crippen LogP contribution in [-0.4, -0.2) is 30.5 Å². The van der Waals surface area contributed by atoms with Gasteiger partial charge in [-0.1, -0.05) is 0 Å². The van der Waals surface area contributed by atoms with Crippen LogP contribution in [0, 0.1) is 0 Å². The summed E-state index contributed by atoms with van der Waals surface area (Å²) in [4.78, 5) is 0. The second-order valence-corrected chi connectivity index (χ2v) is 5.71. The number of aliphatic hydroxyl groups is 1. The summed E-state index contributed by atoms with van der Waals surface area (Å²) in [6.07, 6.45) is 3.18. The quantitative estimate of drug-likeness (QED) is 0.644. The first-order valence-electron chi connectivity index (χ1n) is 7.85. The monoisotopic (exact) mass is 295 g/mol. The number of nitrogens with one attached hydrogen (secondary N) is 1. The summed E-state index contributed by atoms with van der Waals surface area (Å²) in [7, 11) is 0. The fourth-order valence-corrected chi connectivity index (χ4v) is 1.96. The maximum Gasteiger partial charge on any atom is 0.163 e. The van der Waals surface area contributed by atoms with E-state index in [-0.39, 0.29) is 18.8 Å². The third-order valence-corrected chi connectivity index (χ3v) is 2.83. The topological polar surface area (TPSA) is 50.7 Å². The Labute approximate surface area is 128 Å². The van der Waals surface area contributed by atoms with Gasteiger partial charge in [0, 0.05) is 24.9 Å². The highest BCUT2D eigenvalue weighted by molar-refractivity contribution is 5.54. The second-order valence-electron chi connectivity index (χ2n) is 5.71. The lowest BCUT2D eigenvalue weighted by Gasteiger charge is -2.18. The molecule has 0 bridgehead atoms. The molecule has 0 aliphatic rings. The molecule has 1 aromatic rings. The maximum absolute atomic E-state index is 8.75. The van der Waals surface area contributed by atoms with E-state index in [1.807, 2.05) is 45.9 Å². The van der Waals surface area contributed by atoms with Crippen molar-refractivity contribution in [1.29, 1.82) is 0 Å². The lowest BCUT2D eigenvalue weighted by Crippen LogP contribution is -2.11. The van der Waals surface area contributed by atoms with Crippen molar-refractivity contribution in [2.45, 2.75) is 59.2 Å². The molecule has 4 nitrogen and oxygen atoms in total. The first-order valence-corrected chi connectivity index (χ1v) is 7.85. The predicted molar refractivity (Wildman–Crippen MR) is 87.4 cm³/mol. The Bertz CT molecular complexity index is 405. The lowest BCUT2D eigenvalue weighted by molar-refractivity contribution is 0.199. The SMILES string of the molecule is CC(C)Oc1ccc(NCCCCCO)cc1OC(C)C. The highest BCUT2D eigenvalue weighted by Gasteiger charge is 2.10. The van der Waals surface area contributed by atoms with E-state index in [2.05, 4.69) is 5.32 Å². The summed E-state index contributed by atoms with van der Waals surface area (Å²) in [5.41, 5.74) is 1.03. The van der Waals surface area contributed by atoms with Gasteiger partial charge < -0.3 is 19.9 Å². The van der Waals surface area contributed by atoms with E-state index in [4.69, 9.17) is 14.6 Å². The second kappa shape index (κ2) is 9.50. The van der Waals surface area contributed by atoms with Gasteiger partial charge in [-0.25, -0.2) is 0 Å². The molecule has 1 rings (SSSR count). The Morgan fingerprint density at radius 2 is 1.62 bits per heavy atom. The van der Waals surface area contributed by atoms with Crippen LogP contribution in [0.4, 0.5) is 5.69 Å². The van der Waals surface area contributed by atoms with Gasteiger partial charge in [-0.2, -0.15) is 0 Å². The number of anilines is 1. The fraction of sp³-hybridized carbons (Fsp3) is 0.647. The van der Waals surface area contributed by atoms with Gasteiger partial charge >= 0.3 is 0 Å². The Morgan fingerprint density at radius 1 is 0.952 bits per heavy atom. The first-order chi connectivity index (χ1) is 10.0. The van der Waals surface area contributed by atoms with Crippen molar-refractivity contribution in [3.8, 4) is 11.5 Å². The molecule has 4 heteroatoms. The Balaban J connectivity index is 2.64. The molecule has 0 saturated heterocycles. The number of hydrogen-bond donors (Lipinski definition) is 2. The minimum atomic E-state index is 0.110. The molecule has 2 N–H and O–H groups in total. The van der Waals surface area contributed by atoms with Crippen LogP contribution in [0.25, 0.3) is 0 Å². The molecule has 21 heavy (non-hydrogen) atoms. The van der Waals surface area contributed by atoms with Crippen LogP contribution in [0.15, 0.2) is 18.2 Å². The third kappa shape index (κ3) is 7.23. The minimum absolute atomic E-state index is 0.110. The molecule has 0 aromatic heterocycles. The van der Waals surface area contributed by atoms with E-state index in [1.165, 1.54) is 0 Å². The smallest absolute Gasteiger partial charge is 0.163 e. The van der Waals surface area contributed by atoms with Crippen molar-refractivity contribution in [1.82, 2.24) is 0 Å². The zero-order chi connectivity index (χ0) is 15.7. The molecule has 0 fully saturated rings. The molecule has 0 spiro atoms. The van der Waals surface area contributed by atoms with Crippen molar-refractivity contribution in [3.63, 3.8) is 0 Å². The number of rotatable bonds is 10. The Kier molecular flexibility index (Phi) is 7.98. The number of ether oxygens (including phenoxy) is 2. The van der Waals surface area contributed by atoms with E-state index in [0.29, 0.717) is 0 Å². The van der Waals surface area contributed by atoms with Crippen LogP contribution >= 0.6 is 0 Å². The molecule has 0 unspecified atom stereocenters. The van der Waals surface area contributed by atoms with E-state index in [9.17, 15) is 0 Å². The van der Waals surface area contributed by atoms with Gasteiger partial charge in [0.15, 0.2) is 11.5 Å². The zero-order valence-corrected chi connectivity index (χ0v) is 13.7. The summed E-state index contributed by atoms with van der Waals surface area (Å²) in [6.45, 7) is 9.19. The lowest BCUT2D eigenvalue weighted by atomic mass is 10.2. The largest absolute Gasteiger partial charge is 0.487 e. The summed E-state index contributed by atoms with van der Waals surface area (Å²) < 4.78 is 11.6. The molecule has 0 aliphatic heterocycles. The van der Waals surface area contributed by atoms with Gasteiger partial charge in [-0.3, -0.25) is 0 Å². The molecule has 0 amide bonds. The van der Waals surface area contributed by atoms with Crippen molar-refractivity contribution in [2.75, 3.05) is 18.5 Å². The van der Waals surface area contributed by atoms with E-state index in [1.54, 1.807) is 0 Å². The van der Waals surface area contributed by atoms with Gasteiger partial charge in [0.1, 0.15) is 0 Å². The third-order valence-electron chi connectivity index (χ3n) is 2.83. The number of unbranched alkanes of at least 4 members (excludes halogenated alkanes) is 2. The maximum atomic E-state index is 8.75. The van der Waals surface area contributed by atoms with Crippen LogP contribution in [0.1, 0.15) is 47.0 Å². The van der Waals surface area contributed by atoms with Crippen LogP contribution in [0.5, 0.6) is 11.5 Å². The molecule has 0 saturated carbocycles. The average Bonchev–Trinajstić information content (AvgIpc) is 2.40. The van der Waals surface area contributed by atoms with Gasteiger partial charge in [-0.05, 0) is 59.1 Å². The van der Waals surface area contributed by atoms with Gasteiger partial charge in [0.2, 0.25) is 0 Å². The average molecular weight is 295 g/mol. The number of hydrogen-bond acceptors (Lipinski definition) is 4. The molecular weight excluding hydrogens is 266 g/mol. The minimum Gasteiger partial charge on any atom is -0.487 e. The van der Waals surface area contributed by atoms with E-state index in [0.717, 1.165) is 43.0 Å².